The van der Waals surface area contributed by atoms with Gasteiger partial charge in [-0.2, -0.15) is 5.26 Å². The van der Waals surface area contributed by atoms with Crippen molar-refractivity contribution < 1.29 is 14.8 Å². The number of hydrogen-bond donors (Lipinski definition) is 2. The number of nitrogens with one attached hydrogen (secondary N) is 1. The second-order valence-corrected chi connectivity index (χ2v) is 5.60. The van der Waals surface area contributed by atoms with Crippen molar-refractivity contribution in [3.63, 3.8) is 0 Å². The third-order valence-corrected chi connectivity index (χ3v) is 3.76. The zero-order valence-corrected chi connectivity index (χ0v) is 12.2. The first-order chi connectivity index (χ1) is 9.54. The maximum Gasteiger partial charge on any atom is 0.328 e. The molecule has 0 spiro atoms. The minimum Gasteiger partial charge on any atom is -0.481 e. The van der Waals surface area contributed by atoms with Crippen molar-refractivity contribution in [2.45, 2.75) is 33.2 Å². The van der Waals surface area contributed by atoms with Gasteiger partial charge in [0.05, 0.1) is 10.3 Å². The molecule has 0 amide bonds. The Labute approximate surface area is 121 Å². The number of nitriles is 1. The molecule has 112 valence electrons. The molecule has 0 atom stereocenters. The Bertz CT molecular complexity index is 632. The Kier molecular flexibility index (Phi) is 4.18. The molecule has 2 N–H and O–H groups in total. The van der Waals surface area contributed by atoms with Gasteiger partial charge < -0.3 is 10.4 Å². The lowest BCUT2D eigenvalue weighted by atomic mass is 9.74. The highest BCUT2D eigenvalue weighted by Crippen LogP contribution is 2.36. The van der Waals surface area contributed by atoms with E-state index in [9.17, 15) is 20.0 Å². The van der Waals surface area contributed by atoms with Gasteiger partial charge in [0, 0.05) is 11.7 Å². The van der Waals surface area contributed by atoms with E-state index in [1.807, 2.05) is 0 Å². The van der Waals surface area contributed by atoms with Crippen LogP contribution in [-0.4, -0.2) is 26.5 Å². The number of nitrogens with zero attached hydrogens (tertiary/aromatic N) is 3. The van der Waals surface area contributed by atoms with E-state index in [4.69, 9.17) is 5.26 Å². The van der Waals surface area contributed by atoms with Crippen molar-refractivity contribution in [2.24, 2.45) is 5.41 Å². The van der Waals surface area contributed by atoms with Crippen LogP contribution in [-0.2, 0) is 4.79 Å². The van der Waals surface area contributed by atoms with Gasteiger partial charge in [0.25, 0.3) is 0 Å². The largest absolute Gasteiger partial charge is 0.481 e. The molecule has 8 heteroatoms. The molecule has 0 aliphatic carbocycles. The van der Waals surface area contributed by atoms with Crippen LogP contribution in [0.5, 0.6) is 0 Å². The molecule has 0 aliphatic rings. The summed E-state index contributed by atoms with van der Waals surface area (Å²) in [6.45, 7) is 6.21. The summed E-state index contributed by atoms with van der Waals surface area (Å²) in [4.78, 5) is 25.6. The van der Waals surface area contributed by atoms with Gasteiger partial charge in [0.1, 0.15) is 11.6 Å². The van der Waals surface area contributed by atoms with E-state index in [2.05, 4.69) is 10.3 Å². The summed E-state index contributed by atoms with van der Waals surface area (Å²) < 4.78 is 0. The third kappa shape index (κ3) is 2.91. The van der Waals surface area contributed by atoms with Crippen LogP contribution in [0.3, 0.4) is 0 Å². The van der Waals surface area contributed by atoms with E-state index in [0.29, 0.717) is 0 Å². The van der Waals surface area contributed by atoms with Crippen molar-refractivity contribution in [1.82, 2.24) is 4.98 Å². The van der Waals surface area contributed by atoms with E-state index < -0.39 is 27.5 Å². The molecule has 1 aromatic heterocycles. The van der Waals surface area contributed by atoms with Crippen molar-refractivity contribution in [3.8, 4) is 6.07 Å². The SMILES string of the molecule is CC(C)(Nc1nccc(C#N)c1[N+](=O)[O-])C(C)(C)C(=O)O. The maximum atomic E-state index is 11.4. The highest BCUT2D eigenvalue weighted by molar-refractivity contribution is 5.77. The van der Waals surface area contributed by atoms with Crippen LogP contribution in [0.4, 0.5) is 11.5 Å². The number of aliphatic carboxylic acids is 1. The van der Waals surface area contributed by atoms with Gasteiger partial charge in [-0.1, -0.05) is 0 Å². The lowest BCUT2D eigenvalue weighted by molar-refractivity contribution is -0.384. The van der Waals surface area contributed by atoms with E-state index in [1.165, 1.54) is 26.1 Å². The molecule has 8 nitrogen and oxygen atoms in total. The number of rotatable bonds is 5. The van der Waals surface area contributed by atoms with E-state index in [0.717, 1.165) is 0 Å². The molecular formula is C13H16N4O4. The first-order valence-electron chi connectivity index (χ1n) is 6.09. The summed E-state index contributed by atoms with van der Waals surface area (Å²) in [5.74, 6) is -1.18. The quantitative estimate of drug-likeness (QED) is 0.628. The van der Waals surface area contributed by atoms with Crippen molar-refractivity contribution in [3.05, 3.63) is 27.9 Å². The highest BCUT2D eigenvalue weighted by Gasteiger charge is 2.44. The minimum atomic E-state index is -1.22. The predicted molar refractivity (Wildman–Crippen MR) is 74.7 cm³/mol. The summed E-state index contributed by atoms with van der Waals surface area (Å²) in [6, 6.07) is 2.96. The Morgan fingerprint density at radius 3 is 2.48 bits per heavy atom. The van der Waals surface area contributed by atoms with Crippen molar-refractivity contribution >= 4 is 17.5 Å². The molecule has 0 fully saturated rings. The van der Waals surface area contributed by atoms with Crippen molar-refractivity contribution in [2.75, 3.05) is 5.32 Å². The second kappa shape index (κ2) is 5.36. The number of carbonyl (C=O) groups is 1. The first-order valence-corrected chi connectivity index (χ1v) is 6.09. The number of carboxylic acids is 1. The minimum absolute atomic E-state index is 0.127. The van der Waals surface area contributed by atoms with E-state index >= 15 is 0 Å². The lowest BCUT2D eigenvalue weighted by Crippen LogP contribution is -2.50. The molecule has 0 radical (unpaired) electrons. The number of carboxylic acid groups (broad SMARTS) is 1. The van der Waals surface area contributed by atoms with E-state index in [1.54, 1.807) is 19.9 Å². The number of hydrogen-bond acceptors (Lipinski definition) is 6. The zero-order valence-electron chi connectivity index (χ0n) is 12.2. The zero-order chi connectivity index (χ0) is 16.4. The molecule has 0 saturated heterocycles. The summed E-state index contributed by atoms with van der Waals surface area (Å²) in [5, 5.41) is 32.1. The lowest BCUT2D eigenvalue weighted by Gasteiger charge is -2.39. The fourth-order valence-corrected chi connectivity index (χ4v) is 1.54. The Balaban J connectivity index is 3.35. The average Bonchev–Trinajstić information content (AvgIpc) is 2.36. The second-order valence-electron chi connectivity index (χ2n) is 5.60. The smallest absolute Gasteiger partial charge is 0.328 e. The van der Waals surface area contributed by atoms with Gasteiger partial charge >= 0.3 is 11.7 Å². The molecule has 1 rings (SSSR count). The Morgan fingerprint density at radius 1 is 1.48 bits per heavy atom. The molecule has 0 aliphatic heterocycles. The Hall–Kier alpha value is -2.69. The summed E-state index contributed by atoms with van der Waals surface area (Å²) in [6.07, 6.45) is 1.26. The molecule has 0 unspecified atom stereocenters. The van der Waals surface area contributed by atoms with E-state index in [-0.39, 0.29) is 11.4 Å². The van der Waals surface area contributed by atoms with Gasteiger partial charge in [-0.15, -0.1) is 0 Å². The average molecular weight is 292 g/mol. The summed E-state index contributed by atoms with van der Waals surface area (Å²) in [5.41, 5.74) is -2.86. The number of pyridine rings is 1. The summed E-state index contributed by atoms with van der Waals surface area (Å²) >= 11 is 0. The molecule has 21 heavy (non-hydrogen) atoms. The summed E-state index contributed by atoms with van der Waals surface area (Å²) in [7, 11) is 0. The van der Waals surface area contributed by atoms with Crippen LogP contribution in [0.1, 0.15) is 33.3 Å². The standard InChI is InChI=1S/C13H16N4O4/c1-12(2,11(18)19)13(3,4)16-10-9(17(20)21)8(7-14)5-6-15-10/h5-6H,1-4H3,(H,15,16)(H,18,19). The maximum absolute atomic E-state index is 11.4. The monoisotopic (exact) mass is 292 g/mol. The fraction of sp³-hybridized carbons (Fsp3) is 0.462. The van der Waals surface area contributed by atoms with Crippen LogP contribution >= 0.6 is 0 Å². The highest BCUT2D eigenvalue weighted by atomic mass is 16.6. The molecule has 0 aromatic carbocycles. The molecule has 0 saturated carbocycles. The number of anilines is 1. The normalized spacial score (nSPS) is 11.6. The van der Waals surface area contributed by atoms with Gasteiger partial charge in [-0.3, -0.25) is 14.9 Å². The van der Waals surface area contributed by atoms with Crippen LogP contribution in [0.15, 0.2) is 12.3 Å². The predicted octanol–water partition coefficient (Wildman–Crippen LogP) is 2.16. The molecule has 1 heterocycles. The van der Waals surface area contributed by atoms with Gasteiger partial charge in [0.15, 0.2) is 0 Å². The molecular weight excluding hydrogens is 276 g/mol. The number of nitro groups is 1. The van der Waals surface area contributed by atoms with Gasteiger partial charge in [-0.05, 0) is 33.8 Å². The first kappa shape index (κ1) is 16.4. The van der Waals surface area contributed by atoms with Crippen LogP contribution in [0.25, 0.3) is 0 Å². The van der Waals surface area contributed by atoms with Gasteiger partial charge in [0.2, 0.25) is 5.82 Å². The van der Waals surface area contributed by atoms with Crippen molar-refractivity contribution in [1.29, 1.82) is 5.26 Å². The van der Waals surface area contributed by atoms with Gasteiger partial charge in [-0.25, -0.2) is 4.98 Å². The van der Waals surface area contributed by atoms with Crippen LogP contribution in [0, 0.1) is 26.9 Å². The fourth-order valence-electron chi connectivity index (χ4n) is 1.54. The number of aromatic nitrogens is 1. The molecule has 0 bridgehead atoms. The third-order valence-electron chi connectivity index (χ3n) is 3.76. The topological polar surface area (TPSA) is 129 Å². The Morgan fingerprint density at radius 2 is 2.05 bits per heavy atom. The van der Waals surface area contributed by atoms with Crippen LogP contribution in [0.2, 0.25) is 0 Å². The van der Waals surface area contributed by atoms with Crippen LogP contribution < -0.4 is 5.32 Å². The molecule has 1 aromatic rings.